The zero-order valence-corrected chi connectivity index (χ0v) is 7.75. The first-order valence-corrected chi connectivity index (χ1v) is 3.34. The molecule has 0 aromatic heterocycles. The van der Waals surface area contributed by atoms with Crippen molar-refractivity contribution in [2.45, 2.75) is 0 Å². The first kappa shape index (κ1) is 13.5. The Morgan fingerprint density at radius 3 is 2.18 bits per heavy atom. The van der Waals surface area contributed by atoms with Crippen molar-refractivity contribution in [1.29, 1.82) is 0 Å². The minimum absolute atomic E-state index is 0. The molecule has 0 radical (unpaired) electrons. The van der Waals surface area contributed by atoms with Gasteiger partial charge >= 0.3 is 0 Å². The van der Waals surface area contributed by atoms with Crippen LogP contribution >= 0.6 is 0 Å². The maximum atomic E-state index is 8.59. The molecule has 0 atom stereocenters. The molecule has 3 nitrogen and oxygen atoms in total. The van der Waals surface area contributed by atoms with E-state index in [4.69, 9.17) is 10.2 Å². The lowest BCUT2D eigenvalue weighted by Gasteiger charge is -2.23. The lowest BCUT2D eigenvalue weighted by atomic mass is 10.5. The average molecular weight is 182 g/mol. The summed E-state index contributed by atoms with van der Waals surface area (Å²) >= 11 is 0. The van der Waals surface area contributed by atoms with Crippen LogP contribution in [0.5, 0.6) is 0 Å². The third kappa shape index (κ3) is 7.81. The summed E-state index contributed by atoms with van der Waals surface area (Å²) in [4.78, 5) is 0. The second-order valence-corrected chi connectivity index (χ2v) is 2.79. The molecule has 0 amide bonds. The maximum Gasteiger partial charge on any atom is 0.106 e. The smallest absolute Gasteiger partial charge is 0.106 e. The molecule has 0 saturated carbocycles. The molecular weight excluding hydrogens is 166 g/mol. The second-order valence-electron chi connectivity index (χ2n) is 2.79. The van der Waals surface area contributed by atoms with E-state index in [1.54, 1.807) is 6.08 Å². The van der Waals surface area contributed by atoms with Gasteiger partial charge in [-0.15, -0.1) is 0 Å². The van der Waals surface area contributed by atoms with E-state index in [0.29, 0.717) is 11.0 Å². The summed E-state index contributed by atoms with van der Waals surface area (Å²) in [5.41, 5.74) is 0. The summed E-state index contributed by atoms with van der Waals surface area (Å²) in [6.07, 6.45) is 3.53. The molecule has 0 aromatic rings. The van der Waals surface area contributed by atoms with Crippen LogP contribution in [0.15, 0.2) is 12.3 Å². The van der Waals surface area contributed by atoms with E-state index in [9.17, 15) is 0 Å². The normalized spacial score (nSPS) is 11.6. The van der Waals surface area contributed by atoms with Crippen LogP contribution in [-0.4, -0.2) is 48.5 Å². The van der Waals surface area contributed by atoms with Gasteiger partial charge in [0.2, 0.25) is 0 Å². The molecule has 4 heteroatoms. The van der Waals surface area contributed by atoms with Crippen LogP contribution in [0.25, 0.3) is 0 Å². The first-order valence-electron chi connectivity index (χ1n) is 3.34. The minimum atomic E-state index is 0. The van der Waals surface area contributed by atoms with Crippen LogP contribution < -0.4 is 12.4 Å². The van der Waals surface area contributed by atoms with Gasteiger partial charge in [-0.2, -0.15) is 0 Å². The van der Waals surface area contributed by atoms with Crippen LogP contribution in [0.2, 0.25) is 0 Å². The third-order valence-electron chi connectivity index (χ3n) is 1.29. The zero-order chi connectivity index (χ0) is 8.04. The van der Waals surface area contributed by atoms with Crippen LogP contribution in [0.4, 0.5) is 0 Å². The summed E-state index contributed by atoms with van der Waals surface area (Å²) in [5.74, 6) is 0. The van der Waals surface area contributed by atoms with Gasteiger partial charge in [0.05, 0.1) is 33.5 Å². The van der Waals surface area contributed by atoms with Gasteiger partial charge in [-0.1, -0.05) is 0 Å². The van der Waals surface area contributed by atoms with Crippen molar-refractivity contribution in [3.63, 3.8) is 0 Å². The second kappa shape index (κ2) is 6.61. The van der Waals surface area contributed by atoms with Crippen LogP contribution in [0.3, 0.4) is 0 Å². The molecule has 0 heterocycles. The Morgan fingerprint density at radius 2 is 1.82 bits per heavy atom. The fourth-order valence-electron chi connectivity index (χ4n) is 0.665. The molecule has 68 valence electrons. The Balaban J connectivity index is 0. The lowest BCUT2D eigenvalue weighted by molar-refractivity contribution is -0.839. The SMILES string of the molecule is C[N+](C)(/C=C/CO)CCO.[Cl-]. The van der Waals surface area contributed by atoms with Crippen molar-refractivity contribution in [3.05, 3.63) is 12.3 Å². The highest BCUT2D eigenvalue weighted by Crippen LogP contribution is 1.95. The number of quaternary nitrogens is 1. The lowest BCUT2D eigenvalue weighted by Crippen LogP contribution is -3.00. The van der Waals surface area contributed by atoms with Gasteiger partial charge < -0.3 is 27.1 Å². The third-order valence-corrected chi connectivity index (χ3v) is 1.29. The summed E-state index contributed by atoms with van der Waals surface area (Å²) < 4.78 is 0.608. The zero-order valence-electron chi connectivity index (χ0n) is 7.00. The summed E-state index contributed by atoms with van der Waals surface area (Å²) in [6.45, 7) is 0.909. The molecule has 0 unspecified atom stereocenters. The molecule has 0 saturated heterocycles. The summed E-state index contributed by atoms with van der Waals surface area (Å²) in [6, 6.07) is 0. The van der Waals surface area contributed by atoms with Crippen molar-refractivity contribution in [2.24, 2.45) is 0 Å². The van der Waals surface area contributed by atoms with E-state index in [-0.39, 0.29) is 25.6 Å². The number of hydrogen-bond acceptors (Lipinski definition) is 2. The van der Waals surface area contributed by atoms with Gasteiger partial charge in [0.15, 0.2) is 0 Å². The Hall–Kier alpha value is -0.0900. The van der Waals surface area contributed by atoms with E-state index < -0.39 is 0 Å². The van der Waals surface area contributed by atoms with Crippen LogP contribution in [0.1, 0.15) is 0 Å². The Kier molecular flexibility index (Phi) is 8.11. The summed E-state index contributed by atoms with van der Waals surface area (Å²) in [5, 5.41) is 17.0. The maximum absolute atomic E-state index is 8.59. The van der Waals surface area contributed by atoms with E-state index in [1.807, 2.05) is 20.3 Å². The number of likely N-dealkylation sites (N-methyl/N-ethyl adjacent to an activating group) is 1. The highest BCUT2D eigenvalue weighted by atomic mass is 35.5. The van der Waals surface area contributed by atoms with E-state index in [2.05, 4.69) is 0 Å². The van der Waals surface area contributed by atoms with E-state index in [0.717, 1.165) is 0 Å². The average Bonchev–Trinajstić information content (AvgIpc) is 1.84. The Bertz CT molecular complexity index is 115. The Morgan fingerprint density at radius 1 is 1.27 bits per heavy atom. The fraction of sp³-hybridized carbons (Fsp3) is 0.714. The molecule has 0 aliphatic rings. The number of aliphatic hydroxyl groups excluding tert-OH is 2. The van der Waals surface area contributed by atoms with Crippen molar-refractivity contribution in [1.82, 2.24) is 0 Å². The van der Waals surface area contributed by atoms with Crippen molar-refractivity contribution in [3.8, 4) is 0 Å². The van der Waals surface area contributed by atoms with Crippen molar-refractivity contribution < 1.29 is 27.1 Å². The van der Waals surface area contributed by atoms with Gasteiger partial charge in [-0.25, -0.2) is 0 Å². The minimum Gasteiger partial charge on any atom is -1.00 e. The Labute approximate surface area is 74.0 Å². The molecule has 0 fully saturated rings. The number of rotatable bonds is 4. The molecule has 0 spiro atoms. The largest absolute Gasteiger partial charge is 1.00 e. The molecule has 11 heavy (non-hydrogen) atoms. The predicted molar refractivity (Wildman–Crippen MR) is 40.3 cm³/mol. The van der Waals surface area contributed by atoms with Gasteiger partial charge in [-0.3, -0.25) is 0 Å². The van der Waals surface area contributed by atoms with Crippen molar-refractivity contribution in [2.75, 3.05) is 33.9 Å². The first-order chi connectivity index (χ1) is 4.62. The monoisotopic (exact) mass is 181 g/mol. The molecule has 2 N–H and O–H groups in total. The number of aliphatic hydroxyl groups is 2. The van der Waals surface area contributed by atoms with Gasteiger partial charge in [0.1, 0.15) is 6.54 Å². The molecule has 0 aromatic carbocycles. The highest BCUT2D eigenvalue weighted by molar-refractivity contribution is 4.71. The molecular formula is C7H16ClNO2. The highest BCUT2D eigenvalue weighted by Gasteiger charge is 2.07. The standard InChI is InChI=1S/C7H16NO2.ClH/c1-8(2,5-7-10)4-3-6-9;/h3-4,9-10H,5-7H2,1-2H3;1H/q+1;/p-1/b4-3+;. The molecule has 0 bridgehead atoms. The van der Waals surface area contributed by atoms with Crippen molar-refractivity contribution >= 4 is 0 Å². The van der Waals surface area contributed by atoms with Gasteiger partial charge in [0.25, 0.3) is 0 Å². The molecule has 0 rings (SSSR count). The van der Waals surface area contributed by atoms with E-state index >= 15 is 0 Å². The van der Waals surface area contributed by atoms with Gasteiger partial charge in [0, 0.05) is 0 Å². The molecule has 0 aliphatic heterocycles. The fourth-order valence-corrected chi connectivity index (χ4v) is 0.665. The molecule has 0 aliphatic carbocycles. The summed E-state index contributed by atoms with van der Waals surface area (Å²) in [7, 11) is 3.92. The van der Waals surface area contributed by atoms with E-state index in [1.165, 1.54) is 0 Å². The predicted octanol–water partition coefficient (Wildman–Crippen LogP) is -3.43. The van der Waals surface area contributed by atoms with Crippen LogP contribution in [-0.2, 0) is 0 Å². The quantitative estimate of drug-likeness (QED) is 0.444. The van der Waals surface area contributed by atoms with Crippen LogP contribution in [0, 0.1) is 0 Å². The number of halogens is 1. The topological polar surface area (TPSA) is 40.5 Å². The number of hydrogen-bond donors (Lipinski definition) is 2. The number of nitrogens with zero attached hydrogens (tertiary/aromatic N) is 1. The van der Waals surface area contributed by atoms with Gasteiger partial charge in [-0.05, 0) is 6.08 Å².